The Kier molecular flexibility index (Phi) is 4.89. The Bertz CT molecular complexity index is 1630. The summed E-state index contributed by atoms with van der Waals surface area (Å²) in [4.78, 5) is 17.7. The number of benzene rings is 5. The van der Waals surface area contributed by atoms with Crippen LogP contribution in [0.25, 0.3) is 44.5 Å². The maximum Gasteiger partial charge on any atom is 0.255 e. The molecule has 34 heavy (non-hydrogen) atoms. The Balaban J connectivity index is 1.32. The molecule has 1 aromatic heterocycles. The largest absolute Gasteiger partial charge is 0.435 e. The van der Waals surface area contributed by atoms with Crippen LogP contribution in [0.2, 0.25) is 0 Å². The van der Waals surface area contributed by atoms with Gasteiger partial charge >= 0.3 is 0 Å². The predicted molar refractivity (Wildman–Crippen MR) is 137 cm³/mol. The molecule has 6 rings (SSSR count). The Morgan fingerprint density at radius 3 is 2.24 bits per heavy atom. The first-order valence-electron chi connectivity index (χ1n) is 11.1. The number of nitrogens with one attached hydrogen (secondary N) is 1. The van der Waals surface area contributed by atoms with Crippen molar-refractivity contribution in [2.75, 3.05) is 5.32 Å². The van der Waals surface area contributed by atoms with E-state index in [1.54, 1.807) is 0 Å². The minimum Gasteiger partial charge on any atom is -0.435 e. The zero-order valence-electron chi connectivity index (χ0n) is 18.2. The number of rotatable bonds is 4. The van der Waals surface area contributed by atoms with E-state index in [0.29, 0.717) is 17.1 Å². The van der Waals surface area contributed by atoms with Gasteiger partial charge in [0.15, 0.2) is 5.58 Å². The van der Waals surface area contributed by atoms with Crippen molar-refractivity contribution in [3.05, 3.63) is 121 Å². The first kappa shape index (κ1) is 19.9. The summed E-state index contributed by atoms with van der Waals surface area (Å²) in [7, 11) is 0. The highest BCUT2D eigenvalue weighted by atomic mass is 16.3. The summed E-state index contributed by atoms with van der Waals surface area (Å²) in [6.07, 6.45) is 0. The van der Waals surface area contributed by atoms with Crippen molar-refractivity contribution in [2.24, 2.45) is 0 Å². The van der Waals surface area contributed by atoms with Gasteiger partial charge in [0.1, 0.15) is 5.52 Å². The molecule has 0 atom stereocenters. The van der Waals surface area contributed by atoms with Crippen LogP contribution in [0.3, 0.4) is 0 Å². The number of carbonyl (C=O) groups excluding carboxylic acids is 1. The van der Waals surface area contributed by atoms with E-state index in [-0.39, 0.29) is 5.91 Å². The third-order valence-corrected chi connectivity index (χ3v) is 5.94. The summed E-state index contributed by atoms with van der Waals surface area (Å²) in [5.41, 5.74) is 5.67. The van der Waals surface area contributed by atoms with Gasteiger partial charge in [0.05, 0.1) is 11.3 Å². The predicted octanol–water partition coefficient (Wildman–Crippen LogP) is 7.57. The second-order valence-electron chi connectivity index (χ2n) is 8.10. The number of nitrogens with zero attached hydrogens (tertiary/aromatic N) is 1. The summed E-state index contributed by atoms with van der Waals surface area (Å²) in [6, 6.07) is 37.3. The van der Waals surface area contributed by atoms with E-state index in [1.165, 1.54) is 0 Å². The molecule has 0 radical (unpaired) electrons. The van der Waals surface area contributed by atoms with Gasteiger partial charge in [-0.25, -0.2) is 4.98 Å². The summed E-state index contributed by atoms with van der Waals surface area (Å²) in [5, 5.41) is 5.14. The molecule has 0 spiro atoms. The van der Waals surface area contributed by atoms with Crippen LogP contribution in [-0.4, -0.2) is 10.9 Å². The first-order valence-corrected chi connectivity index (χ1v) is 11.1. The van der Waals surface area contributed by atoms with E-state index in [2.05, 4.69) is 17.4 Å². The number of para-hydroxylation sites is 1. The van der Waals surface area contributed by atoms with Crippen molar-refractivity contribution in [1.29, 1.82) is 0 Å². The Morgan fingerprint density at radius 1 is 0.676 bits per heavy atom. The van der Waals surface area contributed by atoms with Crippen LogP contribution in [0.5, 0.6) is 0 Å². The summed E-state index contributed by atoms with van der Waals surface area (Å²) < 4.78 is 6.20. The molecular weight excluding hydrogens is 420 g/mol. The summed E-state index contributed by atoms with van der Waals surface area (Å²) in [5.74, 6) is 0.287. The molecule has 0 saturated heterocycles. The topological polar surface area (TPSA) is 55.1 Å². The molecule has 0 bridgehead atoms. The summed E-state index contributed by atoms with van der Waals surface area (Å²) >= 11 is 0. The van der Waals surface area contributed by atoms with Gasteiger partial charge in [0, 0.05) is 10.9 Å². The van der Waals surface area contributed by atoms with Crippen LogP contribution in [0.15, 0.2) is 120 Å². The van der Waals surface area contributed by atoms with Crippen LogP contribution in [0, 0.1) is 0 Å². The monoisotopic (exact) mass is 440 g/mol. The van der Waals surface area contributed by atoms with Crippen LogP contribution >= 0.6 is 0 Å². The smallest absolute Gasteiger partial charge is 0.255 e. The van der Waals surface area contributed by atoms with E-state index >= 15 is 0 Å². The number of carbonyl (C=O) groups is 1. The zero-order valence-corrected chi connectivity index (χ0v) is 18.2. The standard InChI is InChI=1S/C30H20N2O2/c33-29(23-16-14-21(15-17-23)20-8-2-1-3-9-20)31-26-13-7-6-12-25(26)30-32-27-19-18-22-10-4-5-11-24(22)28(27)34-30/h1-19H,(H,31,33). The summed E-state index contributed by atoms with van der Waals surface area (Å²) in [6.45, 7) is 0. The maximum absolute atomic E-state index is 13.0. The molecule has 0 aliphatic carbocycles. The van der Waals surface area contributed by atoms with Gasteiger partial charge < -0.3 is 9.73 Å². The van der Waals surface area contributed by atoms with E-state index in [9.17, 15) is 4.79 Å². The lowest BCUT2D eigenvalue weighted by Gasteiger charge is -2.09. The molecule has 0 saturated carbocycles. The molecule has 4 heteroatoms. The molecule has 5 aromatic carbocycles. The minimum atomic E-state index is -0.186. The molecular formula is C30H20N2O2. The molecule has 1 amide bonds. The average Bonchev–Trinajstić information content (AvgIpc) is 3.34. The number of oxazole rings is 1. The van der Waals surface area contributed by atoms with Gasteiger partial charge in [-0.1, -0.05) is 84.9 Å². The van der Waals surface area contributed by atoms with E-state index in [0.717, 1.165) is 38.6 Å². The molecule has 0 fully saturated rings. The second-order valence-corrected chi connectivity index (χ2v) is 8.10. The Morgan fingerprint density at radius 2 is 1.38 bits per heavy atom. The highest BCUT2D eigenvalue weighted by molar-refractivity contribution is 6.07. The van der Waals surface area contributed by atoms with Crippen LogP contribution in [0.1, 0.15) is 10.4 Å². The fourth-order valence-corrected chi connectivity index (χ4v) is 4.19. The highest BCUT2D eigenvalue weighted by Gasteiger charge is 2.16. The van der Waals surface area contributed by atoms with Crippen molar-refractivity contribution < 1.29 is 9.21 Å². The number of fused-ring (bicyclic) bond motifs is 3. The molecule has 4 nitrogen and oxygen atoms in total. The quantitative estimate of drug-likeness (QED) is 0.308. The van der Waals surface area contributed by atoms with Crippen molar-refractivity contribution in [2.45, 2.75) is 0 Å². The van der Waals surface area contributed by atoms with Gasteiger partial charge in [0.25, 0.3) is 5.91 Å². The third kappa shape index (κ3) is 3.61. The number of aromatic nitrogens is 1. The van der Waals surface area contributed by atoms with Gasteiger partial charge in [-0.05, 0) is 46.8 Å². The molecule has 0 aliphatic rings. The van der Waals surface area contributed by atoms with Gasteiger partial charge in [-0.15, -0.1) is 0 Å². The first-order chi connectivity index (χ1) is 16.8. The van der Waals surface area contributed by atoms with Crippen molar-refractivity contribution in [3.8, 4) is 22.6 Å². The van der Waals surface area contributed by atoms with E-state index in [4.69, 9.17) is 9.40 Å². The SMILES string of the molecule is O=C(Nc1ccccc1-c1nc2ccc3ccccc3c2o1)c1ccc(-c2ccccc2)cc1. The molecule has 1 heterocycles. The zero-order chi connectivity index (χ0) is 22.9. The van der Waals surface area contributed by atoms with Gasteiger partial charge in [-0.2, -0.15) is 0 Å². The average molecular weight is 441 g/mol. The second kappa shape index (κ2) is 8.34. The van der Waals surface area contributed by atoms with Gasteiger partial charge in [-0.3, -0.25) is 4.79 Å². The molecule has 1 N–H and O–H groups in total. The number of anilines is 1. The van der Waals surface area contributed by atoms with Crippen molar-refractivity contribution in [3.63, 3.8) is 0 Å². The minimum absolute atomic E-state index is 0.186. The van der Waals surface area contributed by atoms with E-state index < -0.39 is 0 Å². The van der Waals surface area contributed by atoms with Crippen molar-refractivity contribution in [1.82, 2.24) is 4.98 Å². The van der Waals surface area contributed by atoms with Crippen LogP contribution in [0.4, 0.5) is 5.69 Å². The number of hydrogen-bond acceptors (Lipinski definition) is 3. The Hall–Kier alpha value is -4.70. The Labute approximate surface area is 196 Å². The normalized spacial score (nSPS) is 11.1. The third-order valence-electron chi connectivity index (χ3n) is 5.94. The maximum atomic E-state index is 13.0. The lowest BCUT2D eigenvalue weighted by Crippen LogP contribution is -2.12. The van der Waals surface area contributed by atoms with Crippen LogP contribution in [-0.2, 0) is 0 Å². The lowest BCUT2D eigenvalue weighted by molar-refractivity contribution is 0.102. The number of hydrogen-bond donors (Lipinski definition) is 1. The molecule has 0 unspecified atom stereocenters. The van der Waals surface area contributed by atoms with Gasteiger partial charge in [0.2, 0.25) is 5.89 Å². The fraction of sp³-hybridized carbons (Fsp3) is 0. The number of amides is 1. The van der Waals surface area contributed by atoms with Crippen LogP contribution < -0.4 is 5.32 Å². The van der Waals surface area contributed by atoms with Crippen molar-refractivity contribution >= 4 is 33.5 Å². The van der Waals surface area contributed by atoms with E-state index in [1.807, 2.05) is 103 Å². The lowest BCUT2D eigenvalue weighted by atomic mass is 10.0. The highest BCUT2D eigenvalue weighted by Crippen LogP contribution is 2.33. The fourth-order valence-electron chi connectivity index (χ4n) is 4.19. The molecule has 162 valence electrons. The molecule has 6 aromatic rings. The molecule has 0 aliphatic heterocycles.